The van der Waals surface area contributed by atoms with Crippen molar-refractivity contribution in [2.75, 3.05) is 26.8 Å². The number of ether oxygens (including phenoxy) is 1. The van der Waals surface area contributed by atoms with Gasteiger partial charge in [-0.05, 0) is 7.05 Å². The Balaban J connectivity index is 0.000000371. The molecule has 0 bridgehead atoms. The molecule has 1 fully saturated rings. The summed E-state index contributed by atoms with van der Waals surface area (Å²) >= 11 is 0. The Bertz CT molecular complexity index is 68.0. The molecule has 1 aliphatic heterocycles. The van der Waals surface area contributed by atoms with E-state index in [1.54, 1.807) is 0 Å². The van der Waals surface area contributed by atoms with Crippen molar-refractivity contribution in [2.45, 2.75) is 20.1 Å². The van der Waals surface area contributed by atoms with Gasteiger partial charge in [0.25, 0.3) is 0 Å². The maximum absolute atomic E-state index is 8.98. The number of hydrogen-bond acceptors (Lipinski definition) is 3. The zero-order valence-electron chi connectivity index (χ0n) is 7.00. The lowest BCUT2D eigenvalue weighted by atomic mass is 10.4. The van der Waals surface area contributed by atoms with Crippen LogP contribution in [-0.4, -0.2) is 43.0 Å². The van der Waals surface area contributed by atoms with E-state index in [0.29, 0.717) is 6.61 Å². The largest absolute Gasteiger partial charge is 0.376 e. The first-order valence-corrected chi connectivity index (χ1v) is 3.77. The van der Waals surface area contributed by atoms with Gasteiger partial charge in [-0.15, -0.1) is 0 Å². The van der Waals surface area contributed by atoms with Gasteiger partial charge in [0.1, 0.15) is 6.23 Å². The second-order valence-electron chi connectivity index (χ2n) is 2.04. The van der Waals surface area contributed by atoms with Crippen LogP contribution in [0.5, 0.6) is 0 Å². The van der Waals surface area contributed by atoms with Crippen LogP contribution < -0.4 is 0 Å². The van der Waals surface area contributed by atoms with Crippen molar-refractivity contribution in [1.29, 1.82) is 0 Å². The molecule has 0 amide bonds. The normalized spacial score (nSPS) is 27.0. The molecule has 0 aromatic heterocycles. The predicted octanol–water partition coefficient (Wildman–Crippen LogP) is 0.293. The topological polar surface area (TPSA) is 32.7 Å². The third kappa shape index (κ3) is 3.15. The molecule has 1 rings (SSSR count). The van der Waals surface area contributed by atoms with Gasteiger partial charge in [0.2, 0.25) is 0 Å². The van der Waals surface area contributed by atoms with Gasteiger partial charge >= 0.3 is 0 Å². The van der Waals surface area contributed by atoms with Gasteiger partial charge in [-0.2, -0.15) is 0 Å². The Labute approximate surface area is 62.6 Å². The summed E-state index contributed by atoms with van der Waals surface area (Å²) < 4.78 is 4.96. The summed E-state index contributed by atoms with van der Waals surface area (Å²) in [6, 6.07) is 0. The summed E-state index contributed by atoms with van der Waals surface area (Å²) in [5.74, 6) is 0. The second-order valence-corrected chi connectivity index (χ2v) is 2.04. The molecule has 1 aliphatic rings. The van der Waals surface area contributed by atoms with Crippen LogP contribution >= 0.6 is 0 Å². The maximum Gasteiger partial charge on any atom is 0.130 e. The predicted molar refractivity (Wildman–Crippen MR) is 40.8 cm³/mol. The molecule has 0 spiro atoms. The highest BCUT2D eigenvalue weighted by Crippen LogP contribution is 1.98. The van der Waals surface area contributed by atoms with E-state index in [-0.39, 0.29) is 6.23 Å². The van der Waals surface area contributed by atoms with Crippen LogP contribution in [0.1, 0.15) is 13.8 Å². The van der Waals surface area contributed by atoms with Crippen molar-refractivity contribution >= 4 is 0 Å². The molecule has 3 nitrogen and oxygen atoms in total. The van der Waals surface area contributed by atoms with Gasteiger partial charge in [-0.1, -0.05) is 13.8 Å². The first-order chi connectivity index (χ1) is 4.80. The molecule has 0 aromatic carbocycles. The van der Waals surface area contributed by atoms with Crippen LogP contribution in [0, 0.1) is 0 Å². The smallest absolute Gasteiger partial charge is 0.130 e. The number of morpholine rings is 1. The van der Waals surface area contributed by atoms with E-state index in [1.807, 2.05) is 25.8 Å². The Morgan fingerprint density at radius 2 is 2.10 bits per heavy atom. The van der Waals surface area contributed by atoms with E-state index >= 15 is 0 Å². The van der Waals surface area contributed by atoms with E-state index in [0.717, 1.165) is 13.2 Å². The molecule has 1 unspecified atom stereocenters. The highest BCUT2D eigenvalue weighted by molar-refractivity contribution is 4.59. The van der Waals surface area contributed by atoms with Crippen molar-refractivity contribution in [2.24, 2.45) is 0 Å². The van der Waals surface area contributed by atoms with E-state index in [2.05, 4.69) is 0 Å². The first-order valence-electron chi connectivity index (χ1n) is 3.77. The summed E-state index contributed by atoms with van der Waals surface area (Å²) in [4.78, 5) is 1.86. The van der Waals surface area contributed by atoms with Crippen LogP contribution in [-0.2, 0) is 4.74 Å². The molecule has 0 aromatic rings. The molecular weight excluding hydrogens is 130 g/mol. The fourth-order valence-corrected chi connectivity index (χ4v) is 0.674. The van der Waals surface area contributed by atoms with E-state index in [9.17, 15) is 0 Å². The number of hydrogen-bond donors (Lipinski definition) is 1. The summed E-state index contributed by atoms with van der Waals surface area (Å²) in [6.45, 7) is 6.03. The molecule has 1 heterocycles. The molecule has 10 heavy (non-hydrogen) atoms. The lowest BCUT2D eigenvalue weighted by molar-refractivity contribution is -0.0934. The van der Waals surface area contributed by atoms with Gasteiger partial charge in [0.15, 0.2) is 0 Å². The molecule has 3 heteroatoms. The second kappa shape index (κ2) is 5.65. The summed E-state index contributed by atoms with van der Waals surface area (Å²) in [5, 5.41) is 8.98. The number of nitrogens with zero attached hydrogens (tertiary/aromatic N) is 1. The van der Waals surface area contributed by atoms with Crippen molar-refractivity contribution in [3.63, 3.8) is 0 Å². The third-order valence-corrected chi connectivity index (χ3v) is 1.36. The SMILES string of the molecule is CC.CN1CCOCC1O. The zero-order valence-corrected chi connectivity index (χ0v) is 7.00. The van der Waals surface area contributed by atoms with Gasteiger partial charge in [0.05, 0.1) is 13.2 Å². The van der Waals surface area contributed by atoms with Crippen LogP contribution in [0.2, 0.25) is 0 Å². The number of rotatable bonds is 0. The van der Waals surface area contributed by atoms with Gasteiger partial charge in [-0.3, -0.25) is 4.90 Å². The number of aliphatic hydroxyl groups excluding tert-OH is 1. The number of likely N-dealkylation sites (N-methyl/N-ethyl adjacent to an activating group) is 1. The Morgan fingerprint density at radius 1 is 1.50 bits per heavy atom. The minimum atomic E-state index is -0.385. The Kier molecular flexibility index (Phi) is 5.58. The molecule has 1 N–H and O–H groups in total. The molecule has 1 saturated heterocycles. The Morgan fingerprint density at radius 3 is 2.40 bits per heavy atom. The third-order valence-electron chi connectivity index (χ3n) is 1.36. The molecule has 62 valence electrons. The van der Waals surface area contributed by atoms with Crippen molar-refractivity contribution in [3.8, 4) is 0 Å². The minimum Gasteiger partial charge on any atom is -0.376 e. The summed E-state index contributed by atoms with van der Waals surface area (Å²) in [5.41, 5.74) is 0. The Hall–Kier alpha value is -0.120. The van der Waals surface area contributed by atoms with E-state index in [4.69, 9.17) is 9.84 Å². The molecule has 0 aliphatic carbocycles. The number of aliphatic hydroxyl groups is 1. The summed E-state index contributed by atoms with van der Waals surface area (Å²) in [7, 11) is 1.88. The van der Waals surface area contributed by atoms with Gasteiger partial charge in [0, 0.05) is 6.54 Å². The van der Waals surface area contributed by atoms with E-state index < -0.39 is 0 Å². The molecule has 0 saturated carbocycles. The van der Waals surface area contributed by atoms with Gasteiger partial charge in [-0.25, -0.2) is 0 Å². The quantitative estimate of drug-likeness (QED) is 0.534. The molecular formula is C7H17NO2. The lowest BCUT2D eigenvalue weighted by Gasteiger charge is -2.27. The highest BCUT2D eigenvalue weighted by Gasteiger charge is 2.14. The van der Waals surface area contributed by atoms with Crippen LogP contribution in [0.4, 0.5) is 0 Å². The fourth-order valence-electron chi connectivity index (χ4n) is 0.674. The molecule has 0 radical (unpaired) electrons. The van der Waals surface area contributed by atoms with Gasteiger partial charge < -0.3 is 9.84 Å². The van der Waals surface area contributed by atoms with Crippen molar-refractivity contribution < 1.29 is 9.84 Å². The monoisotopic (exact) mass is 147 g/mol. The summed E-state index contributed by atoms with van der Waals surface area (Å²) in [6.07, 6.45) is -0.385. The van der Waals surface area contributed by atoms with Crippen LogP contribution in [0.15, 0.2) is 0 Å². The maximum atomic E-state index is 8.98. The average Bonchev–Trinajstić information content (AvgIpc) is 2.00. The first kappa shape index (κ1) is 9.88. The minimum absolute atomic E-state index is 0.385. The standard InChI is InChI=1S/C5H11NO2.C2H6/c1-6-2-3-8-4-5(6)7;1-2/h5,7H,2-4H2,1H3;1-2H3. The van der Waals surface area contributed by atoms with Crippen LogP contribution in [0.3, 0.4) is 0 Å². The zero-order chi connectivity index (χ0) is 7.98. The average molecular weight is 147 g/mol. The van der Waals surface area contributed by atoms with Crippen LogP contribution in [0.25, 0.3) is 0 Å². The molecule has 1 atom stereocenters. The van der Waals surface area contributed by atoms with Crippen molar-refractivity contribution in [1.82, 2.24) is 4.90 Å². The highest BCUT2D eigenvalue weighted by atomic mass is 16.5. The van der Waals surface area contributed by atoms with Crippen molar-refractivity contribution in [3.05, 3.63) is 0 Å². The lowest BCUT2D eigenvalue weighted by Crippen LogP contribution is -2.42. The van der Waals surface area contributed by atoms with E-state index in [1.165, 1.54) is 0 Å². The fraction of sp³-hybridized carbons (Fsp3) is 1.00.